The van der Waals surface area contributed by atoms with Crippen LogP contribution in [0.25, 0.3) is 0 Å². The molecule has 1 aromatic rings. The Morgan fingerprint density at radius 2 is 1.69 bits per heavy atom. The van der Waals surface area contributed by atoms with Crippen LogP contribution in [-0.4, -0.2) is 48.6 Å². The average Bonchev–Trinajstić information content (AvgIpc) is 2.74. The van der Waals surface area contributed by atoms with Crippen LogP contribution in [0.1, 0.15) is 70.8 Å². The van der Waals surface area contributed by atoms with Crippen LogP contribution in [0, 0.1) is 17.7 Å². The largest absolute Gasteiger partial charge is 0.303 e. The standard InChI is InChI=1S/C25H40BrFN2/c1-3-29(4-2)24-10-7-20(8-11-24)6-5-15-28-16-13-21(14-17-28)18-22-19-23(27)9-12-25(22)26/h9,12,19-21,24H,3-8,10-11,13-18H2,1-2H3. The van der Waals surface area contributed by atoms with Gasteiger partial charge < -0.3 is 9.80 Å². The zero-order valence-corrected chi connectivity index (χ0v) is 20.1. The third kappa shape index (κ3) is 7.04. The lowest BCUT2D eigenvalue weighted by molar-refractivity contribution is 0.139. The molecule has 2 fully saturated rings. The molecule has 0 N–H and O–H groups in total. The molecule has 0 bridgehead atoms. The highest BCUT2D eigenvalue weighted by atomic mass is 79.9. The van der Waals surface area contributed by atoms with E-state index in [1.807, 2.05) is 6.07 Å². The Morgan fingerprint density at radius 3 is 2.34 bits per heavy atom. The Hall–Kier alpha value is -0.450. The zero-order chi connectivity index (χ0) is 20.6. The molecule has 1 saturated heterocycles. The van der Waals surface area contributed by atoms with Gasteiger partial charge in [0.05, 0.1) is 0 Å². The van der Waals surface area contributed by atoms with E-state index in [-0.39, 0.29) is 5.82 Å². The predicted molar refractivity (Wildman–Crippen MR) is 125 cm³/mol. The summed E-state index contributed by atoms with van der Waals surface area (Å²) in [5.74, 6) is 1.54. The van der Waals surface area contributed by atoms with Gasteiger partial charge in [-0.05, 0) is 126 Å². The van der Waals surface area contributed by atoms with Gasteiger partial charge in [0.1, 0.15) is 5.82 Å². The summed E-state index contributed by atoms with van der Waals surface area (Å²) >= 11 is 3.58. The fraction of sp³-hybridized carbons (Fsp3) is 0.760. The van der Waals surface area contributed by atoms with E-state index in [0.29, 0.717) is 5.92 Å². The molecule has 0 spiro atoms. The fourth-order valence-corrected chi connectivity index (χ4v) is 5.98. The van der Waals surface area contributed by atoms with E-state index in [1.54, 1.807) is 6.07 Å². The van der Waals surface area contributed by atoms with Crippen molar-refractivity contribution in [3.63, 3.8) is 0 Å². The predicted octanol–water partition coefficient (Wildman–Crippen LogP) is 6.52. The normalized spacial score (nSPS) is 24.3. The second-order valence-corrected chi connectivity index (χ2v) is 10.1. The molecule has 1 aliphatic heterocycles. The molecular formula is C25H40BrFN2. The van der Waals surface area contributed by atoms with Crippen molar-refractivity contribution in [2.24, 2.45) is 11.8 Å². The number of hydrogen-bond acceptors (Lipinski definition) is 2. The summed E-state index contributed by atoms with van der Waals surface area (Å²) in [5, 5.41) is 0. The Balaban J connectivity index is 1.30. The van der Waals surface area contributed by atoms with Crippen LogP contribution in [0.5, 0.6) is 0 Å². The molecule has 1 aromatic carbocycles. The summed E-state index contributed by atoms with van der Waals surface area (Å²) < 4.78 is 14.6. The molecule has 1 saturated carbocycles. The minimum absolute atomic E-state index is 0.119. The van der Waals surface area contributed by atoms with E-state index in [2.05, 4.69) is 39.6 Å². The first-order valence-electron chi connectivity index (χ1n) is 12.0. The number of halogens is 2. The molecular weight excluding hydrogens is 427 g/mol. The summed E-state index contributed by atoms with van der Waals surface area (Å²) in [6.07, 6.45) is 12.0. The van der Waals surface area contributed by atoms with Crippen LogP contribution < -0.4 is 0 Å². The topological polar surface area (TPSA) is 6.48 Å². The number of benzene rings is 1. The lowest BCUT2D eigenvalue weighted by atomic mass is 9.82. The zero-order valence-electron chi connectivity index (χ0n) is 18.5. The lowest BCUT2D eigenvalue weighted by Gasteiger charge is -2.36. The number of hydrogen-bond donors (Lipinski definition) is 0. The molecule has 0 unspecified atom stereocenters. The van der Waals surface area contributed by atoms with Gasteiger partial charge in [-0.15, -0.1) is 0 Å². The Morgan fingerprint density at radius 1 is 1.00 bits per heavy atom. The van der Waals surface area contributed by atoms with Crippen molar-refractivity contribution in [3.05, 3.63) is 34.1 Å². The third-order valence-electron chi connectivity index (χ3n) is 7.46. The molecule has 0 atom stereocenters. The number of nitrogens with zero attached hydrogens (tertiary/aromatic N) is 2. The molecule has 2 nitrogen and oxygen atoms in total. The molecule has 1 aliphatic carbocycles. The summed E-state index contributed by atoms with van der Waals surface area (Å²) in [6.45, 7) is 10.7. The Labute approximate surface area is 186 Å². The van der Waals surface area contributed by atoms with Gasteiger partial charge in [0, 0.05) is 10.5 Å². The minimum Gasteiger partial charge on any atom is -0.303 e. The van der Waals surface area contributed by atoms with Crippen molar-refractivity contribution in [3.8, 4) is 0 Å². The van der Waals surface area contributed by atoms with Gasteiger partial charge >= 0.3 is 0 Å². The molecule has 2 aliphatic rings. The highest BCUT2D eigenvalue weighted by Gasteiger charge is 2.25. The van der Waals surface area contributed by atoms with Crippen molar-refractivity contribution >= 4 is 15.9 Å². The summed E-state index contributed by atoms with van der Waals surface area (Å²) in [7, 11) is 0. The second kappa shape index (κ2) is 11.8. The van der Waals surface area contributed by atoms with Crippen LogP contribution in [0.15, 0.2) is 22.7 Å². The van der Waals surface area contributed by atoms with Crippen LogP contribution >= 0.6 is 15.9 Å². The molecule has 29 heavy (non-hydrogen) atoms. The van der Waals surface area contributed by atoms with Crippen molar-refractivity contribution in [1.82, 2.24) is 9.80 Å². The van der Waals surface area contributed by atoms with Crippen LogP contribution in [-0.2, 0) is 6.42 Å². The monoisotopic (exact) mass is 466 g/mol. The maximum absolute atomic E-state index is 13.5. The van der Waals surface area contributed by atoms with Gasteiger partial charge in [0.2, 0.25) is 0 Å². The quantitative estimate of drug-likeness (QED) is 0.408. The van der Waals surface area contributed by atoms with Gasteiger partial charge in [-0.2, -0.15) is 0 Å². The fourth-order valence-electron chi connectivity index (χ4n) is 5.57. The molecule has 3 rings (SSSR count). The minimum atomic E-state index is -0.119. The first-order valence-corrected chi connectivity index (χ1v) is 12.8. The first kappa shape index (κ1) is 23.2. The molecule has 164 valence electrons. The van der Waals surface area contributed by atoms with E-state index >= 15 is 0 Å². The molecule has 0 radical (unpaired) electrons. The van der Waals surface area contributed by atoms with Crippen molar-refractivity contribution < 1.29 is 4.39 Å². The number of rotatable bonds is 9. The Kier molecular flexibility index (Phi) is 9.46. The van der Waals surface area contributed by atoms with E-state index < -0.39 is 0 Å². The molecule has 0 aromatic heterocycles. The summed E-state index contributed by atoms with van der Waals surface area (Å²) in [6, 6.07) is 5.92. The van der Waals surface area contributed by atoms with E-state index in [0.717, 1.165) is 28.4 Å². The van der Waals surface area contributed by atoms with E-state index in [4.69, 9.17) is 0 Å². The maximum Gasteiger partial charge on any atom is 0.123 e. The summed E-state index contributed by atoms with van der Waals surface area (Å²) in [5.41, 5.74) is 1.13. The van der Waals surface area contributed by atoms with E-state index in [9.17, 15) is 4.39 Å². The number of piperidine rings is 1. The smallest absolute Gasteiger partial charge is 0.123 e. The van der Waals surface area contributed by atoms with Crippen LogP contribution in [0.4, 0.5) is 4.39 Å². The van der Waals surface area contributed by atoms with Crippen molar-refractivity contribution in [2.75, 3.05) is 32.7 Å². The third-order valence-corrected chi connectivity index (χ3v) is 8.23. The molecule has 4 heteroatoms. The molecule has 0 amide bonds. The van der Waals surface area contributed by atoms with Gasteiger partial charge in [0.15, 0.2) is 0 Å². The van der Waals surface area contributed by atoms with Crippen LogP contribution in [0.3, 0.4) is 0 Å². The first-order chi connectivity index (χ1) is 14.1. The van der Waals surface area contributed by atoms with Gasteiger partial charge in [-0.3, -0.25) is 0 Å². The van der Waals surface area contributed by atoms with Gasteiger partial charge in [0.25, 0.3) is 0 Å². The van der Waals surface area contributed by atoms with E-state index in [1.165, 1.54) is 90.2 Å². The van der Waals surface area contributed by atoms with Crippen LogP contribution in [0.2, 0.25) is 0 Å². The second-order valence-electron chi connectivity index (χ2n) is 9.26. The lowest BCUT2D eigenvalue weighted by Crippen LogP contribution is -2.38. The van der Waals surface area contributed by atoms with Crippen molar-refractivity contribution in [2.45, 2.75) is 77.7 Å². The van der Waals surface area contributed by atoms with Gasteiger partial charge in [-0.25, -0.2) is 4.39 Å². The van der Waals surface area contributed by atoms with Crippen molar-refractivity contribution in [1.29, 1.82) is 0 Å². The Bertz CT molecular complexity index is 603. The number of likely N-dealkylation sites (tertiary alicyclic amines) is 1. The SMILES string of the molecule is CCN(CC)C1CCC(CCCN2CCC(Cc3cc(F)ccc3Br)CC2)CC1. The summed E-state index contributed by atoms with van der Waals surface area (Å²) in [4.78, 5) is 5.32. The highest BCUT2D eigenvalue weighted by molar-refractivity contribution is 9.10. The van der Waals surface area contributed by atoms with Gasteiger partial charge in [-0.1, -0.05) is 29.8 Å². The molecule has 1 heterocycles. The average molecular weight is 468 g/mol. The maximum atomic E-state index is 13.5. The highest BCUT2D eigenvalue weighted by Crippen LogP contribution is 2.31.